The van der Waals surface area contributed by atoms with E-state index in [1.54, 1.807) is 12.1 Å². The van der Waals surface area contributed by atoms with Crippen LogP contribution in [0.25, 0.3) is 0 Å². The van der Waals surface area contributed by atoms with E-state index in [4.69, 9.17) is 10.8 Å². The smallest absolute Gasteiger partial charge is 0.242 e. The second-order valence-corrected chi connectivity index (χ2v) is 6.83. The summed E-state index contributed by atoms with van der Waals surface area (Å²) < 4.78 is 26.4. The zero-order valence-electron chi connectivity index (χ0n) is 12.1. The number of hydrogen-bond acceptors (Lipinski definition) is 5. The quantitative estimate of drug-likeness (QED) is 0.565. The summed E-state index contributed by atoms with van der Waals surface area (Å²) in [6.07, 6.45) is 1.27. The third kappa shape index (κ3) is 3.84. The van der Waals surface area contributed by atoms with Crippen LogP contribution in [0.15, 0.2) is 23.1 Å². The lowest BCUT2D eigenvalue weighted by Crippen LogP contribution is -2.36. The van der Waals surface area contributed by atoms with Crippen molar-refractivity contribution in [2.75, 3.05) is 24.7 Å². The van der Waals surface area contributed by atoms with Gasteiger partial charge in [0, 0.05) is 17.8 Å². The molecule has 1 rings (SSSR count). The Labute approximate surface area is 120 Å². The van der Waals surface area contributed by atoms with Crippen molar-refractivity contribution >= 4 is 21.4 Å². The number of benzene rings is 1. The standard InChI is InChI=1S/C13H23N3O3S/c1-4-13(2,7-8-17)16-11-6-5-10(14)9-12(11)20(18,19)15-3/h5-6,9,15-17H,4,7-8,14H2,1-3H3. The lowest BCUT2D eigenvalue weighted by atomic mass is 9.94. The molecule has 0 amide bonds. The molecule has 1 aromatic carbocycles. The van der Waals surface area contributed by atoms with E-state index in [1.807, 2.05) is 13.8 Å². The van der Waals surface area contributed by atoms with Crippen LogP contribution < -0.4 is 15.8 Å². The number of anilines is 2. The minimum Gasteiger partial charge on any atom is -0.399 e. The molecule has 1 unspecified atom stereocenters. The van der Waals surface area contributed by atoms with Gasteiger partial charge in [0.25, 0.3) is 0 Å². The van der Waals surface area contributed by atoms with Crippen LogP contribution in [0, 0.1) is 0 Å². The van der Waals surface area contributed by atoms with Gasteiger partial charge >= 0.3 is 0 Å². The van der Waals surface area contributed by atoms with E-state index in [1.165, 1.54) is 13.1 Å². The minimum atomic E-state index is -3.60. The molecule has 0 bridgehead atoms. The van der Waals surface area contributed by atoms with E-state index in [0.717, 1.165) is 6.42 Å². The highest BCUT2D eigenvalue weighted by Gasteiger charge is 2.25. The topological polar surface area (TPSA) is 104 Å². The number of aliphatic hydroxyl groups is 1. The fourth-order valence-electron chi connectivity index (χ4n) is 1.87. The largest absolute Gasteiger partial charge is 0.399 e. The number of rotatable bonds is 7. The molecule has 0 saturated carbocycles. The van der Waals surface area contributed by atoms with Crippen molar-refractivity contribution in [3.63, 3.8) is 0 Å². The number of nitrogens with two attached hydrogens (primary N) is 1. The summed E-state index contributed by atoms with van der Waals surface area (Å²) in [6.45, 7) is 3.95. The lowest BCUT2D eigenvalue weighted by molar-refractivity contribution is 0.252. The van der Waals surface area contributed by atoms with Crippen LogP contribution in [0.1, 0.15) is 26.7 Å². The van der Waals surface area contributed by atoms with E-state index in [9.17, 15) is 8.42 Å². The highest BCUT2D eigenvalue weighted by molar-refractivity contribution is 7.89. The Bertz CT molecular complexity index is 560. The molecule has 6 nitrogen and oxygen atoms in total. The van der Waals surface area contributed by atoms with E-state index in [0.29, 0.717) is 17.8 Å². The Kier molecular flexibility index (Phi) is 5.38. The van der Waals surface area contributed by atoms with Crippen molar-refractivity contribution in [3.8, 4) is 0 Å². The lowest BCUT2D eigenvalue weighted by Gasteiger charge is -2.31. The zero-order valence-corrected chi connectivity index (χ0v) is 12.9. The predicted molar refractivity (Wildman–Crippen MR) is 81.1 cm³/mol. The van der Waals surface area contributed by atoms with Gasteiger partial charge in [-0.2, -0.15) is 0 Å². The molecule has 0 aromatic heterocycles. The van der Waals surface area contributed by atoms with Crippen molar-refractivity contribution in [2.24, 2.45) is 0 Å². The van der Waals surface area contributed by atoms with Gasteiger partial charge in [0.2, 0.25) is 10.0 Å². The molecule has 0 fully saturated rings. The van der Waals surface area contributed by atoms with Gasteiger partial charge in [-0.1, -0.05) is 6.92 Å². The van der Waals surface area contributed by atoms with Crippen molar-refractivity contribution in [3.05, 3.63) is 18.2 Å². The predicted octanol–water partition coefficient (Wildman–Crippen LogP) is 1.14. The van der Waals surface area contributed by atoms with E-state index in [-0.39, 0.29) is 17.0 Å². The molecule has 114 valence electrons. The summed E-state index contributed by atoms with van der Waals surface area (Å²) in [5, 5.41) is 12.3. The Balaban J connectivity index is 3.25. The molecule has 1 aromatic rings. The van der Waals surface area contributed by atoms with E-state index >= 15 is 0 Å². The molecule has 20 heavy (non-hydrogen) atoms. The summed E-state index contributed by atoms with van der Waals surface area (Å²) >= 11 is 0. The molecule has 5 N–H and O–H groups in total. The molecular weight excluding hydrogens is 278 g/mol. The first-order chi connectivity index (χ1) is 9.28. The minimum absolute atomic E-state index is 0.0282. The van der Waals surface area contributed by atoms with Crippen molar-refractivity contribution in [1.29, 1.82) is 0 Å². The molecule has 7 heteroatoms. The number of aliphatic hydroxyl groups excluding tert-OH is 1. The number of sulfonamides is 1. The summed E-state index contributed by atoms with van der Waals surface area (Å²) in [4.78, 5) is 0.109. The Morgan fingerprint density at radius 1 is 1.40 bits per heavy atom. The first-order valence-electron chi connectivity index (χ1n) is 6.50. The van der Waals surface area contributed by atoms with Crippen LogP contribution in [0.3, 0.4) is 0 Å². The second kappa shape index (κ2) is 6.43. The SMILES string of the molecule is CCC(C)(CCO)Nc1ccc(N)cc1S(=O)(=O)NC. The molecule has 0 saturated heterocycles. The summed E-state index contributed by atoms with van der Waals surface area (Å²) in [6, 6.07) is 4.71. The van der Waals surface area contributed by atoms with Gasteiger partial charge in [0.15, 0.2) is 0 Å². The molecule has 0 aliphatic heterocycles. The second-order valence-electron chi connectivity index (χ2n) is 4.98. The van der Waals surface area contributed by atoms with Crippen LogP contribution in [0.4, 0.5) is 11.4 Å². The Morgan fingerprint density at radius 3 is 2.55 bits per heavy atom. The van der Waals surface area contributed by atoms with E-state index in [2.05, 4.69) is 10.0 Å². The molecule has 1 atom stereocenters. The first-order valence-corrected chi connectivity index (χ1v) is 7.98. The number of hydrogen-bond donors (Lipinski definition) is 4. The van der Waals surface area contributed by atoms with Crippen LogP contribution in [-0.4, -0.2) is 32.7 Å². The van der Waals surface area contributed by atoms with Gasteiger partial charge in [-0.3, -0.25) is 0 Å². The molecular formula is C13H23N3O3S. The maximum Gasteiger partial charge on any atom is 0.242 e. The van der Waals surface area contributed by atoms with Crippen LogP contribution in [0.2, 0.25) is 0 Å². The highest BCUT2D eigenvalue weighted by atomic mass is 32.2. The van der Waals surface area contributed by atoms with E-state index < -0.39 is 10.0 Å². The average molecular weight is 301 g/mol. The normalized spacial score (nSPS) is 14.8. The molecule has 0 radical (unpaired) electrons. The summed E-state index contributed by atoms with van der Waals surface area (Å²) in [5.41, 5.74) is 6.15. The summed E-state index contributed by atoms with van der Waals surface area (Å²) in [7, 11) is -2.25. The molecule has 0 aliphatic rings. The first kappa shape index (κ1) is 16.7. The number of nitrogen functional groups attached to an aromatic ring is 1. The maximum absolute atomic E-state index is 12.0. The van der Waals surface area contributed by atoms with Crippen molar-refractivity contribution in [2.45, 2.75) is 37.1 Å². The van der Waals surface area contributed by atoms with Crippen LogP contribution in [-0.2, 0) is 10.0 Å². The van der Waals surface area contributed by atoms with Gasteiger partial charge in [-0.25, -0.2) is 13.1 Å². The van der Waals surface area contributed by atoms with Gasteiger partial charge in [-0.05, 0) is 45.0 Å². The van der Waals surface area contributed by atoms with Crippen molar-refractivity contribution in [1.82, 2.24) is 4.72 Å². The molecule has 0 spiro atoms. The number of nitrogens with one attached hydrogen (secondary N) is 2. The highest BCUT2D eigenvalue weighted by Crippen LogP contribution is 2.29. The fourth-order valence-corrected chi connectivity index (χ4v) is 2.79. The Hall–Kier alpha value is -1.31. The third-order valence-electron chi connectivity index (χ3n) is 3.44. The zero-order chi connectivity index (χ0) is 15.4. The maximum atomic E-state index is 12.0. The third-order valence-corrected chi connectivity index (χ3v) is 4.90. The molecule has 0 heterocycles. The fraction of sp³-hybridized carbons (Fsp3) is 0.538. The van der Waals surface area contributed by atoms with Crippen LogP contribution in [0.5, 0.6) is 0 Å². The average Bonchev–Trinajstić information content (AvgIpc) is 2.41. The van der Waals surface area contributed by atoms with Gasteiger partial charge in [-0.15, -0.1) is 0 Å². The molecule has 0 aliphatic carbocycles. The van der Waals surface area contributed by atoms with Crippen LogP contribution >= 0.6 is 0 Å². The summed E-state index contributed by atoms with van der Waals surface area (Å²) in [5.74, 6) is 0. The van der Waals surface area contributed by atoms with Gasteiger partial charge < -0.3 is 16.2 Å². The monoisotopic (exact) mass is 301 g/mol. The Morgan fingerprint density at radius 2 is 2.05 bits per heavy atom. The van der Waals surface area contributed by atoms with Gasteiger partial charge in [0.05, 0.1) is 5.69 Å². The van der Waals surface area contributed by atoms with Crippen molar-refractivity contribution < 1.29 is 13.5 Å². The van der Waals surface area contributed by atoms with Gasteiger partial charge in [0.1, 0.15) is 4.90 Å².